The Morgan fingerprint density at radius 1 is 1.38 bits per heavy atom. The number of aromatic nitrogens is 2. The van der Waals surface area contributed by atoms with Gasteiger partial charge in [0.1, 0.15) is 0 Å². The molecule has 24 heavy (non-hydrogen) atoms. The van der Waals surface area contributed by atoms with Gasteiger partial charge < -0.3 is 14.8 Å². The van der Waals surface area contributed by atoms with Crippen LogP contribution in [0.1, 0.15) is 38.5 Å². The standard InChI is InChI=1S/C17H26N4O2S/c1-20-10-8-19-17(20)24-11-9-18-16(23)13-6-7-15(22)21(12-13)14-4-2-3-5-14/h8,10,13-14H,2-7,9,11-12H2,1H3,(H,18,23)/t13-/m1/s1. The predicted octanol–water partition coefficient (Wildman–Crippen LogP) is 1.81. The highest BCUT2D eigenvalue weighted by atomic mass is 32.2. The second-order valence-electron chi connectivity index (χ2n) is 6.68. The van der Waals surface area contributed by atoms with E-state index in [1.165, 1.54) is 12.8 Å². The van der Waals surface area contributed by atoms with E-state index >= 15 is 0 Å². The van der Waals surface area contributed by atoms with Gasteiger partial charge in [0.2, 0.25) is 11.8 Å². The van der Waals surface area contributed by atoms with Gasteiger partial charge in [-0.1, -0.05) is 24.6 Å². The van der Waals surface area contributed by atoms with Gasteiger partial charge in [-0.05, 0) is 19.3 Å². The van der Waals surface area contributed by atoms with Gasteiger partial charge in [0, 0.05) is 50.7 Å². The first-order valence-corrected chi connectivity index (χ1v) is 9.81. The quantitative estimate of drug-likeness (QED) is 0.628. The molecule has 0 unspecified atom stereocenters. The number of hydrogen-bond donors (Lipinski definition) is 1. The van der Waals surface area contributed by atoms with Crippen LogP contribution >= 0.6 is 11.8 Å². The fourth-order valence-corrected chi connectivity index (χ4v) is 4.39. The molecule has 7 heteroatoms. The van der Waals surface area contributed by atoms with E-state index in [-0.39, 0.29) is 17.7 Å². The Morgan fingerprint density at radius 2 is 2.17 bits per heavy atom. The molecule has 1 aromatic heterocycles. The Bertz CT molecular complexity index is 583. The van der Waals surface area contributed by atoms with Crippen molar-refractivity contribution in [2.45, 2.75) is 49.7 Å². The Morgan fingerprint density at radius 3 is 2.88 bits per heavy atom. The van der Waals surface area contributed by atoms with Gasteiger partial charge in [-0.3, -0.25) is 9.59 Å². The van der Waals surface area contributed by atoms with E-state index < -0.39 is 0 Å². The average molecular weight is 350 g/mol. The molecule has 2 amide bonds. The Hall–Kier alpha value is -1.50. The van der Waals surface area contributed by atoms with Crippen molar-refractivity contribution < 1.29 is 9.59 Å². The maximum atomic E-state index is 12.4. The molecular formula is C17H26N4O2S. The van der Waals surface area contributed by atoms with Crippen LogP contribution in [0.3, 0.4) is 0 Å². The summed E-state index contributed by atoms with van der Waals surface area (Å²) in [5, 5.41) is 3.98. The smallest absolute Gasteiger partial charge is 0.224 e. The topological polar surface area (TPSA) is 67.2 Å². The molecule has 0 radical (unpaired) electrons. The molecule has 0 bridgehead atoms. The lowest BCUT2D eigenvalue weighted by Crippen LogP contribution is -2.49. The van der Waals surface area contributed by atoms with E-state index in [1.54, 1.807) is 18.0 Å². The zero-order chi connectivity index (χ0) is 16.9. The Labute approximate surface area is 147 Å². The zero-order valence-corrected chi connectivity index (χ0v) is 15.1. The van der Waals surface area contributed by atoms with Crippen molar-refractivity contribution in [3.05, 3.63) is 12.4 Å². The summed E-state index contributed by atoms with van der Waals surface area (Å²) < 4.78 is 1.97. The van der Waals surface area contributed by atoms with Gasteiger partial charge in [0.15, 0.2) is 5.16 Å². The minimum atomic E-state index is -0.0542. The molecule has 1 saturated heterocycles. The molecule has 3 rings (SSSR count). The molecule has 1 aliphatic heterocycles. The summed E-state index contributed by atoms with van der Waals surface area (Å²) in [5.41, 5.74) is 0. The molecule has 2 heterocycles. The number of hydrogen-bond acceptors (Lipinski definition) is 4. The van der Waals surface area contributed by atoms with Crippen molar-refractivity contribution in [2.24, 2.45) is 13.0 Å². The SMILES string of the molecule is Cn1ccnc1SCCNC(=O)[C@@H]1CCC(=O)N(C2CCCC2)C1. The molecule has 2 aliphatic rings. The van der Waals surface area contributed by atoms with Crippen molar-refractivity contribution in [1.82, 2.24) is 19.8 Å². The lowest BCUT2D eigenvalue weighted by Gasteiger charge is -2.36. The Balaban J connectivity index is 1.42. The molecule has 0 spiro atoms. The van der Waals surface area contributed by atoms with Crippen LogP contribution in [-0.2, 0) is 16.6 Å². The minimum Gasteiger partial charge on any atom is -0.355 e. The van der Waals surface area contributed by atoms with Crippen LogP contribution in [0.15, 0.2) is 17.6 Å². The number of nitrogens with zero attached hydrogens (tertiary/aromatic N) is 3. The minimum absolute atomic E-state index is 0.0542. The molecule has 2 fully saturated rings. The van der Waals surface area contributed by atoms with E-state index in [9.17, 15) is 9.59 Å². The first-order valence-electron chi connectivity index (χ1n) is 8.82. The number of nitrogens with one attached hydrogen (secondary N) is 1. The van der Waals surface area contributed by atoms with Crippen molar-refractivity contribution in [3.8, 4) is 0 Å². The third-order valence-electron chi connectivity index (χ3n) is 4.99. The number of carbonyl (C=O) groups is 2. The van der Waals surface area contributed by atoms with Crippen LogP contribution in [0.4, 0.5) is 0 Å². The summed E-state index contributed by atoms with van der Waals surface area (Å²) in [6, 6.07) is 0.368. The van der Waals surface area contributed by atoms with Gasteiger partial charge in [0.05, 0.1) is 5.92 Å². The van der Waals surface area contributed by atoms with Crippen molar-refractivity contribution in [3.63, 3.8) is 0 Å². The number of thioether (sulfide) groups is 1. The van der Waals surface area contributed by atoms with E-state index in [2.05, 4.69) is 10.3 Å². The molecule has 1 atom stereocenters. The highest BCUT2D eigenvalue weighted by Crippen LogP contribution is 2.28. The summed E-state index contributed by atoms with van der Waals surface area (Å²) in [7, 11) is 1.96. The van der Waals surface area contributed by atoms with Gasteiger partial charge in [-0.15, -0.1) is 0 Å². The zero-order valence-electron chi connectivity index (χ0n) is 14.2. The summed E-state index contributed by atoms with van der Waals surface area (Å²) in [6.45, 7) is 1.23. The van der Waals surface area contributed by atoms with E-state index in [0.29, 0.717) is 32.0 Å². The van der Waals surface area contributed by atoms with Crippen LogP contribution in [0.25, 0.3) is 0 Å². The molecular weight excluding hydrogens is 324 g/mol. The maximum Gasteiger partial charge on any atom is 0.224 e. The van der Waals surface area contributed by atoms with Gasteiger partial charge in [-0.2, -0.15) is 0 Å². The first-order chi connectivity index (χ1) is 11.6. The number of carbonyl (C=O) groups excluding carboxylic acids is 2. The number of amides is 2. The fourth-order valence-electron chi connectivity index (χ4n) is 3.61. The predicted molar refractivity (Wildman–Crippen MR) is 93.6 cm³/mol. The average Bonchev–Trinajstić information content (AvgIpc) is 3.24. The van der Waals surface area contributed by atoms with E-state index in [4.69, 9.17) is 0 Å². The summed E-state index contributed by atoms with van der Waals surface area (Å²) in [5.74, 6) is 1.07. The lowest BCUT2D eigenvalue weighted by molar-refractivity contribution is -0.140. The van der Waals surface area contributed by atoms with Crippen molar-refractivity contribution in [2.75, 3.05) is 18.8 Å². The number of aryl methyl sites for hydroxylation is 1. The van der Waals surface area contributed by atoms with Gasteiger partial charge in [-0.25, -0.2) is 4.98 Å². The third-order valence-corrected chi connectivity index (χ3v) is 6.05. The van der Waals surface area contributed by atoms with Crippen molar-refractivity contribution in [1.29, 1.82) is 0 Å². The highest BCUT2D eigenvalue weighted by molar-refractivity contribution is 7.99. The molecule has 1 saturated carbocycles. The van der Waals surface area contributed by atoms with Crippen LogP contribution < -0.4 is 5.32 Å². The van der Waals surface area contributed by atoms with Gasteiger partial charge in [0.25, 0.3) is 0 Å². The number of rotatable bonds is 6. The maximum absolute atomic E-state index is 12.4. The lowest BCUT2D eigenvalue weighted by atomic mass is 9.95. The monoisotopic (exact) mass is 350 g/mol. The van der Waals surface area contributed by atoms with Crippen LogP contribution in [0, 0.1) is 5.92 Å². The summed E-state index contributed by atoms with van der Waals surface area (Å²) >= 11 is 1.64. The summed E-state index contributed by atoms with van der Waals surface area (Å²) in [4.78, 5) is 30.8. The second kappa shape index (κ2) is 8.05. The molecule has 0 aromatic carbocycles. The second-order valence-corrected chi connectivity index (χ2v) is 7.74. The largest absolute Gasteiger partial charge is 0.355 e. The Kier molecular flexibility index (Phi) is 5.81. The fraction of sp³-hybridized carbons (Fsp3) is 0.706. The van der Waals surface area contributed by atoms with Crippen molar-refractivity contribution >= 4 is 23.6 Å². The normalized spacial score (nSPS) is 22.1. The summed E-state index contributed by atoms with van der Waals surface area (Å²) in [6.07, 6.45) is 9.48. The number of imidazole rings is 1. The molecule has 6 nitrogen and oxygen atoms in total. The van der Waals surface area contributed by atoms with Crippen LogP contribution in [-0.4, -0.2) is 51.1 Å². The van der Waals surface area contributed by atoms with E-state index in [1.807, 2.05) is 22.7 Å². The number of piperidine rings is 1. The third kappa shape index (κ3) is 4.12. The van der Waals surface area contributed by atoms with E-state index in [0.717, 1.165) is 23.8 Å². The van der Waals surface area contributed by atoms with Crippen LogP contribution in [0.2, 0.25) is 0 Å². The molecule has 1 N–H and O–H groups in total. The van der Waals surface area contributed by atoms with Gasteiger partial charge >= 0.3 is 0 Å². The molecule has 132 valence electrons. The first kappa shape index (κ1) is 17.3. The number of likely N-dealkylation sites (tertiary alicyclic amines) is 1. The highest BCUT2D eigenvalue weighted by Gasteiger charge is 2.34. The molecule has 1 aromatic rings. The van der Waals surface area contributed by atoms with Crippen LogP contribution in [0.5, 0.6) is 0 Å². The molecule has 1 aliphatic carbocycles.